The third-order valence-electron chi connectivity index (χ3n) is 8.27. The Balaban J connectivity index is 1.11. The molecule has 41 heavy (non-hydrogen) atoms. The van der Waals surface area contributed by atoms with E-state index in [1.165, 1.54) is 0 Å². The summed E-state index contributed by atoms with van der Waals surface area (Å²) in [6.45, 7) is 4.47. The zero-order valence-corrected chi connectivity index (χ0v) is 23.2. The van der Waals surface area contributed by atoms with Gasteiger partial charge in [-0.05, 0) is 37.1 Å². The molecule has 208 valence electrons. The van der Waals surface area contributed by atoms with Crippen LogP contribution in [-0.4, -0.2) is 76.8 Å². The Morgan fingerprint density at radius 2 is 1.15 bits per heavy atom. The molecule has 2 aliphatic rings. The van der Waals surface area contributed by atoms with E-state index in [2.05, 4.69) is 4.90 Å². The second-order valence-electron chi connectivity index (χ2n) is 10.8. The summed E-state index contributed by atoms with van der Waals surface area (Å²) < 4.78 is 0. The Kier molecular flexibility index (Phi) is 7.78. The van der Waals surface area contributed by atoms with Crippen LogP contribution in [0.2, 0.25) is 0 Å². The first-order valence-corrected chi connectivity index (χ1v) is 14.4. The van der Waals surface area contributed by atoms with Gasteiger partial charge in [-0.25, -0.2) is 4.98 Å². The van der Waals surface area contributed by atoms with E-state index in [1.54, 1.807) is 12.1 Å². The molecule has 0 radical (unpaired) electrons. The molecule has 2 aliphatic heterocycles. The normalized spacial score (nSPS) is 16.5. The van der Waals surface area contributed by atoms with Crippen molar-refractivity contribution in [2.45, 2.75) is 18.9 Å². The number of nitrogens with zero attached hydrogens (tertiary/aromatic N) is 4. The van der Waals surface area contributed by atoms with E-state index in [1.807, 2.05) is 94.7 Å². The highest BCUT2D eigenvalue weighted by Crippen LogP contribution is 2.27. The average molecular weight is 546 g/mol. The lowest BCUT2D eigenvalue weighted by molar-refractivity contribution is 0.0412. The fourth-order valence-corrected chi connectivity index (χ4v) is 5.94. The second kappa shape index (κ2) is 11.9. The van der Waals surface area contributed by atoms with Crippen LogP contribution in [0.5, 0.6) is 0 Å². The summed E-state index contributed by atoms with van der Waals surface area (Å²) in [5.41, 5.74) is 11.4. The van der Waals surface area contributed by atoms with Crippen LogP contribution in [0.15, 0.2) is 97.1 Å². The van der Waals surface area contributed by atoms with Crippen LogP contribution in [-0.2, 0) is 0 Å². The molecule has 2 amide bonds. The number of benzene rings is 3. The number of nitrogen functional groups attached to an aromatic ring is 1. The van der Waals surface area contributed by atoms with Crippen LogP contribution in [0.25, 0.3) is 22.5 Å². The van der Waals surface area contributed by atoms with Gasteiger partial charge in [0.05, 0.1) is 17.0 Å². The van der Waals surface area contributed by atoms with Crippen LogP contribution in [0.3, 0.4) is 0 Å². The minimum atomic E-state index is 0.0130. The van der Waals surface area contributed by atoms with Gasteiger partial charge in [0.25, 0.3) is 11.8 Å². The highest BCUT2D eigenvalue weighted by molar-refractivity contribution is 5.99. The van der Waals surface area contributed by atoms with Crippen LogP contribution in [0.1, 0.15) is 33.6 Å². The predicted molar refractivity (Wildman–Crippen MR) is 162 cm³/mol. The number of piperidine rings is 1. The number of hydrogen-bond acceptors (Lipinski definition) is 5. The van der Waals surface area contributed by atoms with Crippen molar-refractivity contribution in [1.82, 2.24) is 19.7 Å². The fraction of sp³-hybridized carbons (Fsp3) is 0.265. The number of aromatic nitrogens is 1. The van der Waals surface area contributed by atoms with E-state index in [9.17, 15) is 9.59 Å². The number of anilines is 1. The Labute approximate surface area is 241 Å². The number of piperazine rings is 1. The van der Waals surface area contributed by atoms with Crippen LogP contribution < -0.4 is 5.73 Å². The number of carbonyl (C=O) groups excluding carboxylic acids is 2. The number of likely N-dealkylation sites (tertiary alicyclic amines) is 1. The van der Waals surface area contributed by atoms with Crippen molar-refractivity contribution in [2.24, 2.45) is 0 Å². The molecule has 3 aromatic carbocycles. The first-order valence-electron chi connectivity index (χ1n) is 14.4. The van der Waals surface area contributed by atoms with Crippen molar-refractivity contribution in [3.8, 4) is 22.5 Å². The molecule has 0 saturated carbocycles. The summed E-state index contributed by atoms with van der Waals surface area (Å²) in [4.78, 5) is 38.0. The lowest BCUT2D eigenvalue weighted by Gasteiger charge is -2.42. The molecular weight excluding hydrogens is 510 g/mol. The van der Waals surface area contributed by atoms with E-state index in [0.717, 1.165) is 61.5 Å². The molecule has 7 nitrogen and oxygen atoms in total. The fourth-order valence-electron chi connectivity index (χ4n) is 5.94. The van der Waals surface area contributed by atoms with Gasteiger partial charge in [0.1, 0.15) is 0 Å². The molecule has 2 fully saturated rings. The van der Waals surface area contributed by atoms with E-state index >= 15 is 0 Å². The SMILES string of the molecule is Nc1ccccc1C(=O)N1CCC(N2CCN(C(=O)c3cc(-c4ccccc4)nc(-c4ccccc4)c3)CC2)CC1. The maximum absolute atomic E-state index is 13.8. The zero-order chi connectivity index (χ0) is 28.2. The van der Waals surface area contributed by atoms with Gasteiger partial charge in [-0.1, -0.05) is 72.8 Å². The molecule has 0 aliphatic carbocycles. The number of hydrogen-bond donors (Lipinski definition) is 1. The van der Waals surface area contributed by atoms with Crippen molar-refractivity contribution in [1.29, 1.82) is 0 Å². The number of pyridine rings is 1. The number of rotatable bonds is 5. The number of para-hydroxylation sites is 1. The van der Waals surface area contributed by atoms with E-state index in [-0.39, 0.29) is 11.8 Å². The molecule has 3 heterocycles. The monoisotopic (exact) mass is 545 g/mol. The topological polar surface area (TPSA) is 82.8 Å². The van der Waals surface area contributed by atoms with E-state index < -0.39 is 0 Å². The van der Waals surface area contributed by atoms with Crippen molar-refractivity contribution in [2.75, 3.05) is 45.0 Å². The molecule has 0 unspecified atom stereocenters. The summed E-state index contributed by atoms with van der Waals surface area (Å²) >= 11 is 0. The van der Waals surface area contributed by atoms with Crippen LogP contribution in [0, 0.1) is 0 Å². The molecule has 0 bridgehead atoms. The first-order chi connectivity index (χ1) is 20.1. The van der Waals surface area contributed by atoms with Crippen molar-refractivity contribution < 1.29 is 9.59 Å². The van der Waals surface area contributed by atoms with Gasteiger partial charge in [-0.15, -0.1) is 0 Å². The molecular formula is C34H35N5O2. The van der Waals surface area contributed by atoms with Crippen LogP contribution >= 0.6 is 0 Å². The maximum atomic E-state index is 13.8. The van der Waals surface area contributed by atoms with Crippen molar-refractivity contribution in [3.05, 3.63) is 108 Å². The van der Waals surface area contributed by atoms with Gasteiger partial charge in [0.2, 0.25) is 0 Å². The van der Waals surface area contributed by atoms with Gasteiger partial charge < -0.3 is 15.5 Å². The highest BCUT2D eigenvalue weighted by atomic mass is 16.2. The van der Waals surface area contributed by atoms with Crippen molar-refractivity contribution >= 4 is 17.5 Å². The minimum Gasteiger partial charge on any atom is -0.398 e. The molecule has 6 rings (SSSR count). The Morgan fingerprint density at radius 3 is 1.71 bits per heavy atom. The largest absolute Gasteiger partial charge is 0.398 e. The van der Waals surface area contributed by atoms with Crippen molar-refractivity contribution in [3.63, 3.8) is 0 Å². The summed E-state index contributed by atoms with van der Waals surface area (Å²) in [6.07, 6.45) is 1.86. The summed E-state index contributed by atoms with van der Waals surface area (Å²) in [5.74, 6) is 0.0568. The molecule has 7 heteroatoms. The smallest absolute Gasteiger partial charge is 0.255 e. The molecule has 2 N–H and O–H groups in total. The van der Waals surface area contributed by atoms with Crippen LogP contribution in [0.4, 0.5) is 5.69 Å². The Hall–Kier alpha value is -4.49. The quantitative estimate of drug-likeness (QED) is 0.355. The summed E-state index contributed by atoms with van der Waals surface area (Å²) in [7, 11) is 0. The van der Waals surface area contributed by atoms with Gasteiger partial charge in [0, 0.05) is 67.7 Å². The molecule has 4 aromatic rings. The van der Waals surface area contributed by atoms with Gasteiger partial charge in [0.15, 0.2) is 0 Å². The first kappa shape index (κ1) is 26.7. The number of amides is 2. The minimum absolute atomic E-state index is 0.0130. The average Bonchev–Trinajstić information content (AvgIpc) is 3.05. The Morgan fingerprint density at radius 1 is 0.634 bits per heavy atom. The Bertz CT molecular complexity index is 1450. The molecule has 0 atom stereocenters. The third kappa shape index (κ3) is 5.86. The van der Waals surface area contributed by atoms with Gasteiger partial charge in [-0.2, -0.15) is 0 Å². The summed E-state index contributed by atoms with van der Waals surface area (Å²) in [6, 6.07) is 31.6. The molecule has 0 spiro atoms. The predicted octanol–water partition coefficient (Wildman–Crippen LogP) is 5.06. The zero-order valence-electron chi connectivity index (χ0n) is 23.2. The molecule has 2 saturated heterocycles. The van der Waals surface area contributed by atoms with Gasteiger partial charge in [-0.3, -0.25) is 14.5 Å². The standard InChI is InChI=1S/C34H35N5O2/c35-30-14-8-7-13-29(30)34(41)38-17-15-28(16-18-38)37-19-21-39(22-20-37)33(40)27-23-31(25-9-3-1-4-10-25)36-32(24-27)26-11-5-2-6-12-26/h1-14,23-24,28H,15-22,35H2. The number of carbonyl (C=O) groups is 2. The van der Waals surface area contributed by atoms with E-state index in [4.69, 9.17) is 10.7 Å². The number of nitrogens with two attached hydrogens (primary N) is 1. The van der Waals surface area contributed by atoms with Gasteiger partial charge >= 0.3 is 0 Å². The highest BCUT2D eigenvalue weighted by Gasteiger charge is 2.31. The third-order valence-corrected chi connectivity index (χ3v) is 8.27. The lowest BCUT2D eigenvalue weighted by Crippen LogP contribution is -2.54. The molecule has 1 aromatic heterocycles. The second-order valence-corrected chi connectivity index (χ2v) is 10.8. The van der Waals surface area contributed by atoms with E-state index in [0.29, 0.717) is 35.9 Å². The lowest BCUT2D eigenvalue weighted by atomic mass is 10.0. The maximum Gasteiger partial charge on any atom is 0.255 e. The summed E-state index contributed by atoms with van der Waals surface area (Å²) in [5, 5.41) is 0.